The maximum atomic E-state index is 7.60. The van der Waals surface area contributed by atoms with Crippen LogP contribution in [0.1, 0.15) is 5.56 Å². The molecule has 26 heavy (non-hydrogen) atoms. The van der Waals surface area contributed by atoms with Gasteiger partial charge in [0.05, 0.1) is 13.1 Å². The van der Waals surface area contributed by atoms with Crippen molar-refractivity contribution in [1.29, 1.82) is 0 Å². The van der Waals surface area contributed by atoms with Crippen LogP contribution in [0.15, 0.2) is 66.9 Å². The lowest BCUT2D eigenvalue weighted by Crippen LogP contribution is -2.36. The van der Waals surface area contributed by atoms with Gasteiger partial charge in [0.25, 0.3) is 0 Å². The number of fused-ring (bicyclic) bond motifs is 5. The lowest BCUT2D eigenvalue weighted by atomic mass is 10.0. The number of benzene rings is 3. The van der Waals surface area contributed by atoms with Gasteiger partial charge in [-0.05, 0) is 17.7 Å². The highest BCUT2D eigenvalue weighted by Crippen LogP contribution is 2.38. The Morgan fingerprint density at radius 3 is 2.54 bits per heavy atom. The third-order valence-corrected chi connectivity index (χ3v) is 4.86. The van der Waals surface area contributed by atoms with Gasteiger partial charge < -0.3 is 0 Å². The van der Waals surface area contributed by atoms with E-state index < -0.39 is 0 Å². The van der Waals surface area contributed by atoms with Gasteiger partial charge in [0.1, 0.15) is 11.2 Å². The van der Waals surface area contributed by atoms with Gasteiger partial charge in [-0.2, -0.15) is 0 Å². The Hall–Kier alpha value is -3.89. The van der Waals surface area contributed by atoms with Crippen molar-refractivity contribution in [3.63, 3.8) is 0 Å². The summed E-state index contributed by atoms with van der Waals surface area (Å²) < 4.78 is 4.26. The SMILES string of the molecule is [C-]#[N+]c1cc([N+]#[C-])c2c(c1)c[n+]1n2-c2c(cccc2-c2ccccc2)C1. The zero-order chi connectivity index (χ0) is 17.7. The lowest BCUT2D eigenvalue weighted by molar-refractivity contribution is -0.749. The van der Waals surface area contributed by atoms with E-state index in [0.717, 1.165) is 34.3 Å². The second-order valence-electron chi connectivity index (χ2n) is 6.34. The molecule has 1 aliphatic heterocycles. The Labute approximate surface area is 150 Å². The van der Waals surface area contributed by atoms with Gasteiger partial charge in [0, 0.05) is 16.5 Å². The minimum Gasteiger partial charge on any atom is -0.239 e. The summed E-state index contributed by atoms with van der Waals surface area (Å²) >= 11 is 0. The van der Waals surface area contributed by atoms with Gasteiger partial charge in [-0.3, -0.25) is 0 Å². The van der Waals surface area contributed by atoms with E-state index in [0.29, 0.717) is 11.4 Å². The van der Waals surface area contributed by atoms with Crippen LogP contribution in [0.3, 0.4) is 0 Å². The predicted molar refractivity (Wildman–Crippen MR) is 101 cm³/mol. The molecule has 1 aliphatic rings. The second-order valence-corrected chi connectivity index (χ2v) is 6.34. The smallest absolute Gasteiger partial charge is 0.207 e. The molecule has 2 heterocycles. The minimum atomic E-state index is 0.505. The standard InChI is InChI=1S/C22H13N4/c1-23-18-11-17-14-25-13-16-9-6-10-19(15-7-4-3-5-8-15)21(16)26(25)22(17)20(12-18)24-2/h3-12,14H,13H2/q+1. The van der Waals surface area contributed by atoms with Crippen LogP contribution in [-0.2, 0) is 6.54 Å². The van der Waals surface area contributed by atoms with Gasteiger partial charge in [0.2, 0.25) is 11.9 Å². The molecule has 0 amide bonds. The summed E-state index contributed by atoms with van der Waals surface area (Å²) in [6.45, 7) is 15.6. The molecular weight excluding hydrogens is 320 g/mol. The fourth-order valence-electron chi connectivity index (χ4n) is 3.80. The van der Waals surface area contributed by atoms with E-state index in [-0.39, 0.29) is 0 Å². The second kappa shape index (κ2) is 5.31. The monoisotopic (exact) mass is 333 g/mol. The van der Waals surface area contributed by atoms with E-state index in [9.17, 15) is 0 Å². The van der Waals surface area contributed by atoms with Crippen molar-refractivity contribution in [1.82, 2.24) is 4.68 Å². The number of hydrogen-bond acceptors (Lipinski definition) is 0. The molecule has 4 heteroatoms. The predicted octanol–water partition coefficient (Wildman–Crippen LogP) is 5.05. The largest absolute Gasteiger partial charge is 0.239 e. The highest BCUT2D eigenvalue weighted by Gasteiger charge is 2.31. The summed E-state index contributed by atoms with van der Waals surface area (Å²) in [6, 6.07) is 20.2. The van der Waals surface area contributed by atoms with Gasteiger partial charge in [-0.1, -0.05) is 48.5 Å². The zero-order valence-electron chi connectivity index (χ0n) is 13.8. The molecule has 4 aromatic rings. The normalized spacial score (nSPS) is 11.6. The fourth-order valence-corrected chi connectivity index (χ4v) is 3.80. The average Bonchev–Trinajstić information content (AvgIpc) is 3.22. The topological polar surface area (TPSA) is 17.5 Å². The molecule has 0 radical (unpaired) electrons. The lowest BCUT2D eigenvalue weighted by Gasteiger charge is -2.08. The molecule has 120 valence electrons. The summed E-state index contributed by atoms with van der Waals surface area (Å²) in [5, 5.41) is 0.929. The highest BCUT2D eigenvalue weighted by atomic mass is 15.4. The molecule has 0 atom stereocenters. The van der Waals surface area contributed by atoms with E-state index in [1.165, 1.54) is 5.56 Å². The van der Waals surface area contributed by atoms with E-state index in [4.69, 9.17) is 13.1 Å². The quantitative estimate of drug-likeness (QED) is 0.302. The average molecular weight is 333 g/mol. The first-order chi connectivity index (χ1) is 12.8. The number of aromatic nitrogens is 2. The van der Waals surface area contributed by atoms with E-state index in [1.54, 1.807) is 6.07 Å². The zero-order valence-corrected chi connectivity index (χ0v) is 13.8. The van der Waals surface area contributed by atoms with Crippen LogP contribution in [0.4, 0.5) is 11.4 Å². The van der Waals surface area contributed by atoms with Crippen LogP contribution in [0.2, 0.25) is 0 Å². The Morgan fingerprint density at radius 2 is 1.77 bits per heavy atom. The van der Waals surface area contributed by atoms with Crippen molar-refractivity contribution >= 4 is 22.3 Å². The summed E-state index contributed by atoms with van der Waals surface area (Å²) in [5.41, 5.74) is 6.55. The van der Waals surface area contributed by atoms with Gasteiger partial charge in [0.15, 0.2) is 12.2 Å². The molecule has 4 nitrogen and oxygen atoms in total. The fraction of sp³-hybridized carbons (Fsp3) is 0.0455. The molecule has 0 fully saturated rings. The number of nitrogens with zero attached hydrogens (tertiary/aromatic N) is 4. The molecule has 0 aliphatic carbocycles. The molecule has 3 aromatic carbocycles. The molecular formula is C22H13N4+. The molecule has 0 N–H and O–H groups in total. The molecule has 0 saturated carbocycles. The Morgan fingerprint density at radius 1 is 0.923 bits per heavy atom. The van der Waals surface area contributed by atoms with Crippen molar-refractivity contribution in [3.05, 3.63) is 95.3 Å². The Balaban J connectivity index is 1.88. The maximum Gasteiger partial charge on any atom is 0.207 e. The summed E-state index contributed by atoms with van der Waals surface area (Å²) in [7, 11) is 0. The van der Waals surface area contributed by atoms with Crippen molar-refractivity contribution in [2.75, 3.05) is 0 Å². The summed E-state index contributed by atoms with van der Waals surface area (Å²) in [6.07, 6.45) is 2.04. The molecule has 0 spiro atoms. The van der Waals surface area contributed by atoms with E-state index >= 15 is 0 Å². The third-order valence-electron chi connectivity index (χ3n) is 4.86. The van der Waals surface area contributed by atoms with E-state index in [2.05, 4.69) is 49.4 Å². The number of para-hydroxylation sites is 1. The van der Waals surface area contributed by atoms with Crippen LogP contribution in [0.5, 0.6) is 0 Å². The van der Waals surface area contributed by atoms with Gasteiger partial charge in [-0.15, -0.1) is 9.36 Å². The van der Waals surface area contributed by atoms with Crippen LogP contribution in [-0.4, -0.2) is 4.68 Å². The minimum absolute atomic E-state index is 0.505. The Bertz CT molecular complexity index is 1270. The summed E-state index contributed by atoms with van der Waals surface area (Å²) in [5.74, 6) is 0. The van der Waals surface area contributed by atoms with Crippen LogP contribution < -0.4 is 4.68 Å². The molecule has 0 bridgehead atoms. The highest BCUT2D eigenvalue weighted by molar-refractivity contribution is 5.96. The van der Waals surface area contributed by atoms with Crippen molar-refractivity contribution in [3.8, 4) is 16.8 Å². The maximum absolute atomic E-state index is 7.60. The molecule has 1 aromatic heterocycles. The van der Waals surface area contributed by atoms with Crippen molar-refractivity contribution in [2.45, 2.75) is 6.54 Å². The molecule has 0 unspecified atom stereocenters. The van der Waals surface area contributed by atoms with E-state index in [1.807, 2.05) is 30.5 Å². The van der Waals surface area contributed by atoms with Crippen molar-refractivity contribution in [2.24, 2.45) is 0 Å². The van der Waals surface area contributed by atoms with Crippen LogP contribution in [0, 0.1) is 13.1 Å². The first-order valence-corrected chi connectivity index (χ1v) is 8.32. The first kappa shape index (κ1) is 14.5. The summed E-state index contributed by atoms with van der Waals surface area (Å²) in [4.78, 5) is 7.21. The van der Waals surface area contributed by atoms with Crippen LogP contribution in [0.25, 0.3) is 37.4 Å². The Kier molecular flexibility index (Phi) is 2.95. The van der Waals surface area contributed by atoms with Gasteiger partial charge in [-0.25, -0.2) is 9.69 Å². The van der Waals surface area contributed by atoms with Gasteiger partial charge >= 0.3 is 0 Å². The molecule has 0 saturated heterocycles. The number of hydrogen-bond donors (Lipinski definition) is 0. The first-order valence-electron chi connectivity index (χ1n) is 8.32. The van der Waals surface area contributed by atoms with Crippen molar-refractivity contribution < 1.29 is 4.68 Å². The molecule has 5 rings (SSSR count). The van der Waals surface area contributed by atoms with Crippen LogP contribution >= 0.6 is 0 Å². The third kappa shape index (κ3) is 1.90. The number of rotatable bonds is 1.